The molecule has 2 aromatic rings. The van der Waals surface area contributed by atoms with E-state index >= 15 is 4.39 Å². The summed E-state index contributed by atoms with van der Waals surface area (Å²) in [6.07, 6.45) is -6.94. The minimum atomic E-state index is -4.50. The zero-order chi connectivity index (χ0) is 29.0. The lowest BCUT2D eigenvalue weighted by Gasteiger charge is -2.22. The highest BCUT2D eigenvalue weighted by Crippen LogP contribution is 2.41. The van der Waals surface area contributed by atoms with Crippen LogP contribution in [0.5, 0.6) is 0 Å². The largest absolute Gasteiger partial charge is 0.389 e. The molecule has 2 amide bonds. The van der Waals surface area contributed by atoms with Crippen LogP contribution in [0.4, 0.5) is 26.3 Å². The van der Waals surface area contributed by atoms with E-state index in [2.05, 4.69) is 26.6 Å². The molecule has 0 spiro atoms. The quantitative estimate of drug-likeness (QED) is 0.160. The highest BCUT2D eigenvalue weighted by atomic mass is 79.9. The molecule has 0 bridgehead atoms. The van der Waals surface area contributed by atoms with Crippen LogP contribution >= 0.6 is 50.7 Å². The fraction of sp³-hybridized carbons (Fsp3) is 0.333. The third-order valence-electron chi connectivity index (χ3n) is 5.07. The van der Waals surface area contributed by atoms with Gasteiger partial charge in [-0.3, -0.25) is 9.59 Å². The van der Waals surface area contributed by atoms with Crippen molar-refractivity contribution in [3.05, 3.63) is 72.6 Å². The van der Waals surface area contributed by atoms with Crippen LogP contribution in [0.25, 0.3) is 5.83 Å². The lowest BCUT2D eigenvalue weighted by Crippen LogP contribution is -2.46. The molecule has 0 aromatic heterocycles. The Bertz CT molecular complexity index is 1210. The van der Waals surface area contributed by atoms with Gasteiger partial charge >= 0.3 is 6.18 Å². The summed E-state index contributed by atoms with van der Waals surface area (Å²) in [5.74, 6) is -7.87. The first-order valence-electron chi connectivity index (χ1n) is 10.8. The molecular formula is C24H20BrCl3F6N2O2. The van der Waals surface area contributed by atoms with Crippen LogP contribution in [0.15, 0.2) is 40.9 Å². The molecule has 0 aliphatic heterocycles. The molecule has 0 radical (unpaired) electrons. The molecule has 0 aliphatic rings. The fourth-order valence-corrected chi connectivity index (χ4v) is 4.43. The van der Waals surface area contributed by atoms with Gasteiger partial charge in [-0.25, -0.2) is 13.2 Å². The Balaban J connectivity index is 2.21. The number of alkyl halides is 5. The van der Waals surface area contributed by atoms with E-state index in [0.717, 1.165) is 12.1 Å². The third-order valence-corrected chi connectivity index (χ3v) is 6.93. The zero-order valence-corrected chi connectivity index (χ0v) is 23.5. The molecule has 4 nitrogen and oxygen atoms in total. The second-order valence-corrected chi connectivity index (χ2v) is 10.4. The lowest BCUT2D eigenvalue weighted by molar-refractivity contribution is -0.144. The summed E-state index contributed by atoms with van der Waals surface area (Å²) < 4.78 is 80.7. The Kier molecular flexibility index (Phi) is 11.0. The normalized spacial score (nSPS) is 14.2. The summed E-state index contributed by atoms with van der Waals surface area (Å²) in [7, 11) is 0. The van der Waals surface area contributed by atoms with Crippen LogP contribution in [0.3, 0.4) is 0 Å². The SMILES string of the molecule is C[C@H](NC(=O)CCC(F)(F)F)NC(=O)c1ccc(/C(F)=C/C(c2cc(Cl)c(Cl)c(Cl)c2)C(C)(F)F)cc1Br. The molecule has 0 saturated heterocycles. The summed E-state index contributed by atoms with van der Waals surface area (Å²) in [5, 5.41) is 4.39. The second-order valence-electron chi connectivity index (χ2n) is 8.32. The Morgan fingerprint density at radius 1 is 1.03 bits per heavy atom. The third kappa shape index (κ3) is 9.36. The minimum absolute atomic E-state index is 0.00780. The summed E-state index contributed by atoms with van der Waals surface area (Å²) in [6.45, 7) is 1.94. The number of rotatable bonds is 9. The van der Waals surface area contributed by atoms with Gasteiger partial charge in [0.15, 0.2) is 0 Å². The monoisotopic (exact) mass is 666 g/mol. The second kappa shape index (κ2) is 12.9. The van der Waals surface area contributed by atoms with Gasteiger partial charge in [-0.05, 0) is 58.8 Å². The van der Waals surface area contributed by atoms with Gasteiger partial charge in [0.1, 0.15) is 5.83 Å². The summed E-state index contributed by atoms with van der Waals surface area (Å²) >= 11 is 20.9. The zero-order valence-electron chi connectivity index (χ0n) is 19.6. The van der Waals surface area contributed by atoms with Crippen molar-refractivity contribution in [3.8, 4) is 0 Å². The van der Waals surface area contributed by atoms with Crippen molar-refractivity contribution in [2.45, 2.75) is 50.9 Å². The fourth-order valence-electron chi connectivity index (χ4n) is 3.26. The van der Waals surface area contributed by atoms with Crippen molar-refractivity contribution in [2.24, 2.45) is 0 Å². The van der Waals surface area contributed by atoms with Crippen LogP contribution < -0.4 is 10.6 Å². The van der Waals surface area contributed by atoms with Gasteiger partial charge in [-0.15, -0.1) is 0 Å². The number of amides is 2. The summed E-state index contributed by atoms with van der Waals surface area (Å²) in [5.41, 5.74) is -0.220. The van der Waals surface area contributed by atoms with E-state index in [9.17, 15) is 31.5 Å². The van der Waals surface area contributed by atoms with Crippen LogP contribution in [0.2, 0.25) is 15.1 Å². The number of nitrogens with one attached hydrogen (secondary N) is 2. The molecule has 0 fully saturated rings. The average molecular weight is 669 g/mol. The number of halogens is 10. The van der Waals surface area contributed by atoms with E-state index in [0.29, 0.717) is 13.0 Å². The molecular weight excluding hydrogens is 649 g/mol. The number of hydrogen-bond donors (Lipinski definition) is 2. The van der Waals surface area contributed by atoms with Crippen LogP contribution in [-0.2, 0) is 4.79 Å². The van der Waals surface area contributed by atoms with Crippen molar-refractivity contribution < 1.29 is 35.9 Å². The van der Waals surface area contributed by atoms with Crippen LogP contribution in [-0.4, -0.2) is 30.1 Å². The first-order valence-corrected chi connectivity index (χ1v) is 12.7. The average Bonchev–Trinajstić information content (AvgIpc) is 2.77. The van der Waals surface area contributed by atoms with Crippen molar-refractivity contribution in [1.29, 1.82) is 0 Å². The number of hydrogen-bond acceptors (Lipinski definition) is 2. The maximum Gasteiger partial charge on any atom is 0.389 e. The maximum absolute atomic E-state index is 15.1. The molecule has 1 unspecified atom stereocenters. The van der Waals surface area contributed by atoms with Gasteiger partial charge < -0.3 is 10.6 Å². The Labute approximate surface area is 237 Å². The number of allylic oxidation sites excluding steroid dienone is 1. The molecule has 0 heterocycles. The predicted octanol–water partition coefficient (Wildman–Crippen LogP) is 8.69. The Hall–Kier alpha value is -1.95. The molecule has 2 N–H and O–H groups in total. The highest BCUT2D eigenvalue weighted by molar-refractivity contribution is 9.10. The number of carbonyl (C=O) groups excluding carboxylic acids is 2. The van der Waals surface area contributed by atoms with Gasteiger partial charge in [0.25, 0.3) is 11.8 Å². The van der Waals surface area contributed by atoms with Crippen molar-refractivity contribution >= 4 is 68.4 Å². The number of carbonyl (C=O) groups is 2. The van der Waals surface area contributed by atoms with Crippen LogP contribution in [0.1, 0.15) is 54.1 Å². The van der Waals surface area contributed by atoms with Crippen LogP contribution in [0, 0.1) is 0 Å². The molecule has 14 heteroatoms. The molecule has 2 rings (SSSR count). The predicted molar refractivity (Wildman–Crippen MR) is 138 cm³/mol. The van der Waals surface area contributed by atoms with Gasteiger partial charge in [0.05, 0.1) is 39.1 Å². The molecule has 0 aliphatic carbocycles. The Morgan fingerprint density at radius 2 is 1.61 bits per heavy atom. The molecule has 38 heavy (non-hydrogen) atoms. The lowest BCUT2D eigenvalue weighted by atomic mass is 9.92. The van der Waals surface area contributed by atoms with Crippen molar-refractivity contribution in [1.82, 2.24) is 10.6 Å². The van der Waals surface area contributed by atoms with Gasteiger partial charge in [-0.1, -0.05) is 40.9 Å². The maximum atomic E-state index is 15.1. The van der Waals surface area contributed by atoms with Gasteiger partial charge in [0, 0.05) is 23.4 Å². The summed E-state index contributed by atoms with van der Waals surface area (Å²) in [6, 6.07) is 5.88. The van der Waals surface area contributed by atoms with E-state index in [1.165, 1.54) is 25.1 Å². The Morgan fingerprint density at radius 3 is 2.11 bits per heavy atom. The molecule has 2 aromatic carbocycles. The van der Waals surface area contributed by atoms with E-state index < -0.39 is 54.7 Å². The first kappa shape index (κ1) is 32.3. The van der Waals surface area contributed by atoms with E-state index in [1.807, 2.05) is 0 Å². The van der Waals surface area contributed by atoms with E-state index in [4.69, 9.17) is 34.8 Å². The first-order chi connectivity index (χ1) is 17.4. The number of benzene rings is 2. The highest BCUT2D eigenvalue weighted by Gasteiger charge is 2.35. The molecule has 0 saturated carbocycles. The van der Waals surface area contributed by atoms with E-state index in [-0.39, 0.29) is 36.2 Å². The summed E-state index contributed by atoms with van der Waals surface area (Å²) in [4.78, 5) is 24.2. The van der Waals surface area contributed by atoms with Crippen molar-refractivity contribution in [2.75, 3.05) is 0 Å². The minimum Gasteiger partial charge on any atom is -0.336 e. The van der Waals surface area contributed by atoms with E-state index in [1.54, 1.807) is 0 Å². The standard InChI is InChI=1S/C24H20BrCl3F6N2O2/c1-11(35-20(37)5-6-24(32,33)34)36-22(38)14-4-3-12(7-16(14)25)19(29)10-15(23(2,30)31)13-8-17(26)21(28)18(27)9-13/h3-4,7-11,15H,5-6H2,1-2H3,(H,35,37)(H,36,38)/b19-10-/t11-,15?/m1/s1. The smallest absolute Gasteiger partial charge is 0.336 e. The van der Waals surface area contributed by atoms with Gasteiger partial charge in [-0.2, -0.15) is 13.2 Å². The van der Waals surface area contributed by atoms with Gasteiger partial charge in [0.2, 0.25) is 5.91 Å². The molecule has 2 atom stereocenters. The molecule has 208 valence electrons. The topological polar surface area (TPSA) is 58.2 Å². The van der Waals surface area contributed by atoms with Crippen molar-refractivity contribution in [3.63, 3.8) is 0 Å².